The van der Waals surface area contributed by atoms with Crippen LogP contribution in [-0.2, 0) is 9.59 Å². The first-order valence-electron chi connectivity index (χ1n) is 7.42. The largest absolute Gasteiger partial charge is 0.344 e. The molecule has 1 aromatic rings. The molecule has 1 atom stereocenters. The van der Waals surface area contributed by atoms with E-state index in [-0.39, 0.29) is 17.7 Å². The summed E-state index contributed by atoms with van der Waals surface area (Å²) in [5.41, 5.74) is 1.05. The summed E-state index contributed by atoms with van der Waals surface area (Å²) < 4.78 is 0. The van der Waals surface area contributed by atoms with Gasteiger partial charge in [-0.05, 0) is 24.5 Å². The summed E-state index contributed by atoms with van der Waals surface area (Å²) in [5, 5.41) is 2.83. The van der Waals surface area contributed by atoms with E-state index in [0.717, 1.165) is 12.0 Å². The minimum atomic E-state index is -0.394. The zero-order chi connectivity index (χ0) is 15.2. The maximum absolute atomic E-state index is 12.4. The minimum absolute atomic E-state index is 0.0255. The molecule has 1 fully saturated rings. The molecule has 112 valence electrons. The molecule has 0 radical (unpaired) electrons. The number of carbonyl (C=O) groups excluding carboxylic acids is 2. The summed E-state index contributed by atoms with van der Waals surface area (Å²) in [6, 6.07) is 9.47. The third-order valence-corrected chi connectivity index (χ3v) is 3.56. The van der Waals surface area contributed by atoms with E-state index >= 15 is 0 Å². The lowest BCUT2D eigenvalue weighted by atomic mass is 10.0. The van der Waals surface area contributed by atoms with E-state index in [1.807, 2.05) is 56.5 Å². The van der Waals surface area contributed by atoms with Gasteiger partial charge in [0.25, 0.3) is 0 Å². The van der Waals surface area contributed by atoms with Crippen LogP contribution in [0, 0.1) is 5.92 Å². The maximum atomic E-state index is 12.4. The van der Waals surface area contributed by atoms with Crippen molar-refractivity contribution in [3.05, 3.63) is 42.1 Å². The highest BCUT2D eigenvalue weighted by molar-refractivity contribution is 5.89. The van der Waals surface area contributed by atoms with Gasteiger partial charge < -0.3 is 10.2 Å². The zero-order valence-corrected chi connectivity index (χ0v) is 12.6. The van der Waals surface area contributed by atoms with Crippen molar-refractivity contribution in [2.45, 2.75) is 32.7 Å². The Morgan fingerprint density at radius 3 is 2.71 bits per heavy atom. The van der Waals surface area contributed by atoms with E-state index in [0.29, 0.717) is 13.0 Å². The van der Waals surface area contributed by atoms with Gasteiger partial charge in [-0.3, -0.25) is 9.59 Å². The van der Waals surface area contributed by atoms with Crippen LogP contribution in [0.15, 0.2) is 36.5 Å². The molecule has 0 aromatic heterocycles. The van der Waals surface area contributed by atoms with Crippen molar-refractivity contribution in [3.63, 3.8) is 0 Å². The van der Waals surface area contributed by atoms with E-state index in [9.17, 15) is 9.59 Å². The van der Waals surface area contributed by atoms with Crippen molar-refractivity contribution >= 4 is 17.9 Å². The van der Waals surface area contributed by atoms with Crippen molar-refractivity contribution in [3.8, 4) is 0 Å². The van der Waals surface area contributed by atoms with Gasteiger partial charge in [-0.1, -0.05) is 44.2 Å². The molecule has 1 saturated heterocycles. The molecule has 2 rings (SSSR count). The highest BCUT2D eigenvalue weighted by atomic mass is 16.2. The van der Waals surface area contributed by atoms with E-state index in [1.165, 1.54) is 0 Å². The lowest BCUT2D eigenvalue weighted by Gasteiger charge is -2.30. The number of hydrogen-bond acceptors (Lipinski definition) is 2. The monoisotopic (exact) mass is 286 g/mol. The molecule has 1 aliphatic heterocycles. The molecule has 4 heteroatoms. The molecule has 0 aliphatic carbocycles. The van der Waals surface area contributed by atoms with Crippen molar-refractivity contribution in [2.24, 2.45) is 5.92 Å². The molecule has 2 amide bonds. The third kappa shape index (κ3) is 4.18. The molecule has 1 unspecified atom stereocenters. The Morgan fingerprint density at radius 2 is 2.05 bits per heavy atom. The Morgan fingerprint density at radius 1 is 1.33 bits per heavy atom. The average molecular weight is 286 g/mol. The normalized spacial score (nSPS) is 19.3. The molecular formula is C17H22N2O2. The SMILES string of the molecule is CC(C)C(=O)NC1CCCN(/C=C/c2ccccc2)C1=O. The van der Waals surface area contributed by atoms with Crippen LogP contribution in [0.2, 0.25) is 0 Å². The number of likely N-dealkylation sites (tertiary alicyclic amines) is 1. The second-order valence-electron chi connectivity index (χ2n) is 5.62. The summed E-state index contributed by atoms with van der Waals surface area (Å²) >= 11 is 0. The van der Waals surface area contributed by atoms with Gasteiger partial charge in [0.2, 0.25) is 11.8 Å². The van der Waals surface area contributed by atoms with E-state index in [2.05, 4.69) is 5.32 Å². The number of benzene rings is 1. The quantitative estimate of drug-likeness (QED) is 0.924. The van der Waals surface area contributed by atoms with Crippen LogP contribution in [0.5, 0.6) is 0 Å². The second-order valence-corrected chi connectivity index (χ2v) is 5.62. The van der Waals surface area contributed by atoms with Crippen LogP contribution in [0.3, 0.4) is 0 Å². The fraction of sp³-hybridized carbons (Fsp3) is 0.412. The second kappa shape index (κ2) is 7.07. The van der Waals surface area contributed by atoms with Crippen molar-refractivity contribution < 1.29 is 9.59 Å². The van der Waals surface area contributed by atoms with Crippen molar-refractivity contribution in [2.75, 3.05) is 6.54 Å². The molecule has 0 spiro atoms. The molecule has 0 bridgehead atoms. The average Bonchev–Trinajstić information content (AvgIpc) is 2.49. The predicted octanol–water partition coefficient (Wildman–Crippen LogP) is 2.42. The van der Waals surface area contributed by atoms with E-state index < -0.39 is 6.04 Å². The number of amides is 2. The lowest BCUT2D eigenvalue weighted by Crippen LogP contribution is -2.51. The number of piperidine rings is 1. The molecule has 1 N–H and O–H groups in total. The lowest BCUT2D eigenvalue weighted by molar-refractivity contribution is -0.137. The summed E-state index contributed by atoms with van der Waals surface area (Å²) in [5.74, 6) is -0.197. The van der Waals surface area contributed by atoms with Crippen LogP contribution < -0.4 is 5.32 Å². The Hall–Kier alpha value is -2.10. The smallest absolute Gasteiger partial charge is 0.249 e. The highest BCUT2D eigenvalue weighted by Gasteiger charge is 2.29. The first-order valence-corrected chi connectivity index (χ1v) is 7.42. The fourth-order valence-corrected chi connectivity index (χ4v) is 2.26. The van der Waals surface area contributed by atoms with Gasteiger partial charge in [-0.15, -0.1) is 0 Å². The van der Waals surface area contributed by atoms with Gasteiger partial charge in [-0.2, -0.15) is 0 Å². The molecule has 0 saturated carbocycles. The summed E-state index contributed by atoms with van der Waals surface area (Å²) in [4.78, 5) is 25.8. The van der Waals surface area contributed by atoms with Crippen molar-refractivity contribution in [1.29, 1.82) is 0 Å². The summed E-state index contributed by atoms with van der Waals surface area (Å²) in [6.07, 6.45) is 5.34. The standard InChI is InChI=1S/C17H22N2O2/c1-13(2)16(20)18-15-9-6-11-19(17(15)21)12-10-14-7-4-3-5-8-14/h3-5,7-8,10,12-13,15H,6,9,11H2,1-2H3,(H,18,20)/b12-10+. The molecule has 21 heavy (non-hydrogen) atoms. The Bertz CT molecular complexity index is 523. The summed E-state index contributed by atoms with van der Waals surface area (Å²) in [7, 11) is 0. The van der Waals surface area contributed by atoms with Crippen LogP contribution in [0.4, 0.5) is 0 Å². The van der Waals surface area contributed by atoms with Crippen LogP contribution in [-0.4, -0.2) is 29.3 Å². The molecular weight excluding hydrogens is 264 g/mol. The van der Waals surface area contributed by atoms with Gasteiger partial charge in [0.1, 0.15) is 6.04 Å². The molecule has 1 aliphatic rings. The zero-order valence-electron chi connectivity index (χ0n) is 12.6. The topological polar surface area (TPSA) is 49.4 Å². The first-order chi connectivity index (χ1) is 10.1. The Balaban J connectivity index is 1.99. The molecule has 1 aromatic carbocycles. The number of hydrogen-bond donors (Lipinski definition) is 1. The van der Waals surface area contributed by atoms with Crippen LogP contribution in [0.25, 0.3) is 6.08 Å². The number of nitrogens with one attached hydrogen (secondary N) is 1. The van der Waals surface area contributed by atoms with E-state index in [1.54, 1.807) is 4.90 Å². The van der Waals surface area contributed by atoms with Gasteiger partial charge in [0.05, 0.1) is 0 Å². The Kier molecular flexibility index (Phi) is 5.14. The number of carbonyl (C=O) groups is 2. The van der Waals surface area contributed by atoms with Crippen LogP contribution >= 0.6 is 0 Å². The first kappa shape index (κ1) is 15.3. The number of nitrogens with zero attached hydrogens (tertiary/aromatic N) is 1. The van der Waals surface area contributed by atoms with Gasteiger partial charge in [0, 0.05) is 18.7 Å². The summed E-state index contributed by atoms with van der Waals surface area (Å²) in [6.45, 7) is 4.36. The van der Waals surface area contributed by atoms with Gasteiger partial charge in [-0.25, -0.2) is 0 Å². The highest BCUT2D eigenvalue weighted by Crippen LogP contribution is 2.14. The fourth-order valence-electron chi connectivity index (χ4n) is 2.26. The van der Waals surface area contributed by atoms with Crippen LogP contribution in [0.1, 0.15) is 32.3 Å². The van der Waals surface area contributed by atoms with Gasteiger partial charge >= 0.3 is 0 Å². The van der Waals surface area contributed by atoms with E-state index in [4.69, 9.17) is 0 Å². The maximum Gasteiger partial charge on any atom is 0.249 e. The van der Waals surface area contributed by atoms with Crippen molar-refractivity contribution in [1.82, 2.24) is 10.2 Å². The Labute approximate surface area is 125 Å². The minimum Gasteiger partial charge on any atom is -0.344 e. The van der Waals surface area contributed by atoms with Gasteiger partial charge in [0.15, 0.2) is 0 Å². The third-order valence-electron chi connectivity index (χ3n) is 3.56. The molecule has 4 nitrogen and oxygen atoms in total. The molecule has 1 heterocycles. The number of rotatable bonds is 4. The predicted molar refractivity (Wildman–Crippen MR) is 83.2 cm³/mol.